The molecule has 0 aliphatic carbocycles. The van der Waals surface area contributed by atoms with Crippen LogP contribution in [0, 0.1) is 0 Å². The molecular weight excluding hydrogens is 446 g/mol. The molecule has 0 spiro atoms. The Morgan fingerprint density at radius 2 is 1.91 bits per heavy atom. The lowest BCUT2D eigenvalue weighted by Gasteiger charge is -2.26. The second kappa shape index (κ2) is 11.7. The van der Waals surface area contributed by atoms with E-state index >= 15 is 0 Å². The number of hydrogen-bond acceptors (Lipinski definition) is 7. The normalized spacial score (nSPS) is 14.7. The second-order valence-electron chi connectivity index (χ2n) is 7.39. The van der Waals surface area contributed by atoms with Crippen molar-refractivity contribution in [3.8, 4) is 11.5 Å². The van der Waals surface area contributed by atoms with Gasteiger partial charge in [0, 0.05) is 24.3 Å². The lowest BCUT2D eigenvalue weighted by molar-refractivity contribution is -0.120. The minimum absolute atomic E-state index is 0.158. The van der Waals surface area contributed by atoms with Gasteiger partial charge in [-0.1, -0.05) is 17.6 Å². The van der Waals surface area contributed by atoms with Gasteiger partial charge < -0.3 is 19.6 Å². The van der Waals surface area contributed by atoms with Crippen molar-refractivity contribution >= 4 is 27.8 Å². The molecule has 0 saturated carbocycles. The zero-order valence-corrected chi connectivity index (χ0v) is 19.6. The summed E-state index contributed by atoms with van der Waals surface area (Å²) in [5.41, 5.74) is 1.09. The summed E-state index contributed by atoms with van der Waals surface area (Å²) >= 11 is 0. The second-order valence-corrected chi connectivity index (χ2v) is 9.33. The van der Waals surface area contributed by atoms with Crippen LogP contribution in [0.5, 0.6) is 11.5 Å². The van der Waals surface area contributed by atoms with Crippen molar-refractivity contribution in [1.29, 1.82) is 0 Å². The van der Waals surface area contributed by atoms with Gasteiger partial charge in [0.1, 0.15) is 0 Å². The Hall–Kier alpha value is -3.11. The lowest BCUT2D eigenvalue weighted by atomic mass is 10.2. The van der Waals surface area contributed by atoms with E-state index in [0.29, 0.717) is 42.4 Å². The minimum Gasteiger partial charge on any atom is -0.493 e. The van der Waals surface area contributed by atoms with Crippen LogP contribution in [0.25, 0.3) is 0 Å². The number of nitrogens with zero attached hydrogens (tertiary/aromatic N) is 2. The van der Waals surface area contributed by atoms with Crippen molar-refractivity contribution in [2.45, 2.75) is 31.1 Å². The first-order chi connectivity index (χ1) is 15.9. The first-order valence-corrected chi connectivity index (χ1v) is 12.2. The fraction of sp³-hybridized carbons (Fsp3) is 0.391. The summed E-state index contributed by atoms with van der Waals surface area (Å²) in [6, 6.07) is 11.5. The molecule has 0 atom stereocenters. The first-order valence-electron chi connectivity index (χ1n) is 10.8. The largest absolute Gasteiger partial charge is 0.493 e. The highest BCUT2D eigenvalue weighted by Crippen LogP contribution is 2.27. The molecule has 0 radical (unpaired) electrons. The van der Waals surface area contributed by atoms with Gasteiger partial charge in [-0.15, -0.1) is 0 Å². The van der Waals surface area contributed by atoms with E-state index in [1.54, 1.807) is 37.4 Å². The summed E-state index contributed by atoms with van der Waals surface area (Å²) in [5.74, 6) is 0.740. The molecule has 10 heteroatoms. The first kappa shape index (κ1) is 24.5. The van der Waals surface area contributed by atoms with Gasteiger partial charge in [-0.3, -0.25) is 4.79 Å². The quantitative estimate of drug-likeness (QED) is 0.418. The van der Waals surface area contributed by atoms with E-state index in [1.165, 1.54) is 22.7 Å². The smallest absolute Gasteiger partial charge is 0.265 e. The van der Waals surface area contributed by atoms with Gasteiger partial charge in [0.05, 0.1) is 24.8 Å². The molecular formula is C23H29N3O6S. The predicted octanol–water partition coefficient (Wildman–Crippen LogP) is 3.26. The molecule has 2 aromatic carbocycles. The fourth-order valence-electron chi connectivity index (χ4n) is 3.42. The molecule has 2 aromatic rings. The van der Waals surface area contributed by atoms with Crippen LogP contribution in [0.3, 0.4) is 0 Å². The van der Waals surface area contributed by atoms with Crippen molar-refractivity contribution in [3.05, 3.63) is 48.0 Å². The van der Waals surface area contributed by atoms with Crippen LogP contribution in [0.2, 0.25) is 0 Å². The average Bonchev–Trinajstić information content (AvgIpc) is 2.83. The molecule has 33 heavy (non-hydrogen) atoms. The number of rotatable bonds is 10. The predicted molar refractivity (Wildman–Crippen MR) is 125 cm³/mol. The van der Waals surface area contributed by atoms with Crippen LogP contribution >= 0.6 is 0 Å². The van der Waals surface area contributed by atoms with Crippen LogP contribution in [0.1, 0.15) is 31.7 Å². The van der Waals surface area contributed by atoms with E-state index in [9.17, 15) is 13.2 Å². The summed E-state index contributed by atoms with van der Waals surface area (Å²) < 4.78 is 37.9. The van der Waals surface area contributed by atoms with Gasteiger partial charge >= 0.3 is 0 Å². The van der Waals surface area contributed by atoms with E-state index in [-0.39, 0.29) is 11.5 Å². The molecule has 0 unspecified atom stereocenters. The fourth-order valence-corrected chi connectivity index (χ4v) is 4.98. The zero-order chi connectivity index (χ0) is 23.7. The summed E-state index contributed by atoms with van der Waals surface area (Å²) in [7, 11) is -2.03. The van der Waals surface area contributed by atoms with Gasteiger partial charge in [-0.2, -0.15) is 4.31 Å². The third-order valence-electron chi connectivity index (χ3n) is 5.03. The number of piperidine rings is 1. The van der Waals surface area contributed by atoms with Crippen molar-refractivity contribution in [2.24, 2.45) is 5.16 Å². The van der Waals surface area contributed by atoms with Crippen molar-refractivity contribution in [2.75, 3.05) is 38.7 Å². The van der Waals surface area contributed by atoms with Crippen LogP contribution in [0.15, 0.2) is 52.5 Å². The molecule has 1 aliphatic rings. The average molecular weight is 476 g/mol. The highest BCUT2D eigenvalue weighted by Gasteiger charge is 2.26. The highest BCUT2D eigenvalue weighted by molar-refractivity contribution is 7.89. The summed E-state index contributed by atoms with van der Waals surface area (Å²) in [4.78, 5) is 17.4. The monoisotopic (exact) mass is 475 g/mol. The molecule has 0 bridgehead atoms. The third kappa shape index (κ3) is 6.69. The van der Waals surface area contributed by atoms with Gasteiger partial charge in [-0.05, 0) is 56.2 Å². The number of carbonyl (C=O) groups excluding carboxylic acids is 1. The van der Waals surface area contributed by atoms with Gasteiger partial charge in [0.25, 0.3) is 5.91 Å². The Labute approximate surface area is 194 Å². The Morgan fingerprint density at radius 1 is 1.12 bits per heavy atom. The van der Waals surface area contributed by atoms with E-state index in [2.05, 4.69) is 10.5 Å². The number of hydrogen-bond donors (Lipinski definition) is 1. The van der Waals surface area contributed by atoms with E-state index < -0.39 is 15.9 Å². The maximum atomic E-state index is 12.8. The number of benzene rings is 2. The Morgan fingerprint density at radius 3 is 2.64 bits per heavy atom. The molecule has 3 rings (SSSR count). The zero-order valence-electron chi connectivity index (χ0n) is 18.8. The summed E-state index contributed by atoms with van der Waals surface area (Å²) in [5, 5.41) is 6.45. The molecule has 178 valence electrons. The Balaban J connectivity index is 1.54. The van der Waals surface area contributed by atoms with Gasteiger partial charge in [-0.25, -0.2) is 8.42 Å². The molecule has 1 saturated heterocycles. The van der Waals surface area contributed by atoms with E-state index in [1.807, 2.05) is 6.92 Å². The molecule has 1 heterocycles. The van der Waals surface area contributed by atoms with Crippen molar-refractivity contribution in [1.82, 2.24) is 4.31 Å². The van der Waals surface area contributed by atoms with Crippen LogP contribution < -0.4 is 14.8 Å². The van der Waals surface area contributed by atoms with Crippen LogP contribution in [-0.2, 0) is 19.7 Å². The highest BCUT2D eigenvalue weighted by atomic mass is 32.2. The molecule has 1 amide bonds. The van der Waals surface area contributed by atoms with Gasteiger partial charge in [0.15, 0.2) is 18.1 Å². The third-order valence-corrected chi connectivity index (χ3v) is 6.92. The molecule has 1 aliphatic heterocycles. The Kier molecular flexibility index (Phi) is 8.67. The number of oxime groups is 1. The maximum absolute atomic E-state index is 12.8. The van der Waals surface area contributed by atoms with Crippen LogP contribution in [0.4, 0.5) is 5.69 Å². The maximum Gasteiger partial charge on any atom is 0.265 e. The van der Waals surface area contributed by atoms with Crippen molar-refractivity contribution < 1.29 is 27.5 Å². The number of carbonyl (C=O) groups is 1. The van der Waals surface area contributed by atoms with Crippen LogP contribution in [-0.4, -0.2) is 58.3 Å². The Bertz CT molecular complexity index is 1080. The minimum atomic E-state index is -3.58. The number of nitrogens with one attached hydrogen (secondary N) is 1. The number of ether oxygens (including phenoxy) is 2. The number of amides is 1. The van der Waals surface area contributed by atoms with E-state index in [4.69, 9.17) is 14.3 Å². The summed E-state index contributed by atoms with van der Waals surface area (Å²) in [6.07, 6.45) is 4.21. The molecule has 9 nitrogen and oxygen atoms in total. The molecule has 1 N–H and O–H groups in total. The number of methoxy groups -OCH3 is 1. The standard InChI is InChI=1S/C23H29N3O6S/c1-3-31-21-11-10-18(14-22(21)30-2)16-24-32-17-23(27)25-19-8-7-9-20(15-19)33(28,29)26-12-5-4-6-13-26/h7-11,14-16H,3-6,12-13,17H2,1-2H3,(H,25,27)/b24-16+. The van der Waals surface area contributed by atoms with E-state index in [0.717, 1.165) is 19.3 Å². The van der Waals surface area contributed by atoms with Crippen molar-refractivity contribution in [3.63, 3.8) is 0 Å². The molecule has 0 aromatic heterocycles. The number of anilines is 1. The molecule has 1 fully saturated rings. The number of sulfonamides is 1. The topological polar surface area (TPSA) is 107 Å². The summed E-state index contributed by atoms with van der Waals surface area (Å²) in [6.45, 7) is 3.12. The lowest BCUT2D eigenvalue weighted by Crippen LogP contribution is -2.35. The van der Waals surface area contributed by atoms with Gasteiger partial charge in [0.2, 0.25) is 10.0 Å². The SMILES string of the molecule is CCOc1ccc(/C=N/OCC(=O)Nc2cccc(S(=O)(=O)N3CCCCC3)c2)cc1OC.